The highest BCUT2D eigenvalue weighted by molar-refractivity contribution is 7.95. The van der Waals surface area contributed by atoms with Gasteiger partial charge >= 0.3 is 0 Å². The number of piperazine rings is 1. The monoisotopic (exact) mass is 461 g/mol. The lowest BCUT2D eigenvalue weighted by Gasteiger charge is -2.40. The first kappa shape index (κ1) is 22.8. The van der Waals surface area contributed by atoms with Gasteiger partial charge in [0.1, 0.15) is 0 Å². The Morgan fingerprint density at radius 1 is 0.909 bits per heavy atom. The maximum Gasteiger partial charge on any atom is 0.255 e. The lowest BCUT2D eigenvalue weighted by molar-refractivity contribution is 0.0498. The van der Waals surface area contributed by atoms with Crippen molar-refractivity contribution in [2.75, 3.05) is 31.4 Å². The van der Waals surface area contributed by atoms with Crippen molar-refractivity contribution in [1.82, 2.24) is 9.80 Å². The molecule has 1 atom stereocenters. The Labute approximate surface area is 195 Å². The normalized spacial score (nSPS) is 17.2. The van der Waals surface area contributed by atoms with Gasteiger partial charge in [-0.1, -0.05) is 60.7 Å². The van der Waals surface area contributed by atoms with Crippen molar-refractivity contribution in [2.24, 2.45) is 0 Å². The average molecular weight is 462 g/mol. The fourth-order valence-electron chi connectivity index (χ4n) is 3.90. The molecule has 1 aliphatic heterocycles. The van der Waals surface area contributed by atoms with Crippen LogP contribution in [-0.2, 0) is 10.0 Å². The lowest BCUT2D eigenvalue weighted by atomic mass is 10.0. The minimum atomic E-state index is -3.67. The van der Waals surface area contributed by atoms with E-state index in [-0.39, 0.29) is 11.9 Å². The Bertz CT molecular complexity index is 1210. The molecule has 7 heteroatoms. The number of likely N-dealkylation sites (N-methyl/N-ethyl adjacent to an activating group) is 1. The molecule has 3 aromatic rings. The molecule has 1 saturated heterocycles. The van der Waals surface area contributed by atoms with E-state index in [9.17, 15) is 13.2 Å². The summed E-state index contributed by atoms with van der Waals surface area (Å²) >= 11 is 0. The summed E-state index contributed by atoms with van der Waals surface area (Å²) in [5.74, 6) is -0.0599. The van der Waals surface area contributed by atoms with Crippen molar-refractivity contribution < 1.29 is 13.2 Å². The highest BCUT2D eigenvalue weighted by atomic mass is 32.2. The van der Waals surface area contributed by atoms with Crippen LogP contribution in [0.2, 0.25) is 0 Å². The first-order valence-electron chi connectivity index (χ1n) is 10.8. The van der Waals surface area contributed by atoms with Crippen molar-refractivity contribution in [3.8, 4) is 0 Å². The molecule has 0 aliphatic carbocycles. The third-order valence-corrected chi connectivity index (χ3v) is 6.67. The largest absolute Gasteiger partial charge is 0.329 e. The van der Waals surface area contributed by atoms with E-state index in [0.29, 0.717) is 17.8 Å². The summed E-state index contributed by atoms with van der Waals surface area (Å²) < 4.78 is 27.3. The van der Waals surface area contributed by atoms with E-state index in [1.54, 1.807) is 24.3 Å². The van der Waals surface area contributed by atoms with Gasteiger partial charge in [0.25, 0.3) is 15.9 Å². The molecular weight excluding hydrogens is 434 g/mol. The van der Waals surface area contributed by atoms with Gasteiger partial charge < -0.3 is 9.80 Å². The zero-order valence-corrected chi connectivity index (χ0v) is 19.3. The van der Waals surface area contributed by atoms with E-state index in [2.05, 4.69) is 16.7 Å². The first-order chi connectivity index (χ1) is 15.9. The molecular formula is C26H27N3O3S. The zero-order valence-electron chi connectivity index (χ0n) is 18.5. The van der Waals surface area contributed by atoms with E-state index in [0.717, 1.165) is 29.6 Å². The number of hydrogen-bond acceptors (Lipinski definition) is 4. The Hall–Kier alpha value is -3.42. The number of nitrogens with one attached hydrogen (secondary N) is 1. The van der Waals surface area contributed by atoms with Crippen molar-refractivity contribution in [3.63, 3.8) is 0 Å². The molecule has 1 fully saturated rings. The molecule has 0 saturated carbocycles. The van der Waals surface area contributed by atoms with Crippen LogP contribution in [0.15, 0.2) is 90.3 Å². The van der Waals surface area contributed by atoms with Crippen LogP contribution in [0.25, 0.3) is 6.08 Å². The molecule has 1 aliphatic rings. The summed E-state index contributed by atoms with van der Waals surface area (Å²) in [6.07, 6.45) is 1.54. The van der Waals surface area contributed by atoms with Gasteiger partial charge in [0.05, 0.1) is 11.4 Å². The molecule has 1 N–H and O–H groups in total. The fraction of sp³-hybridized carbons (Fsp3) is 0.192. The molecule has 6 nitrogen and oxygen atoms in total. The fourth-order valence-corrected chi connectivity index (χ4v) is 4.77. The van der Waals surface area contributed by atoms with Crippen LogP contribution in [0.1, 0.15) is 27.5 Å². The molecule has 0 aromatic heterocycles. The van der Waals surface area contributed by atoms with Gasteiger partial charge in [-0.2, -0.15) is 0 Å². The van der Waals surface area contributed by atoms with Crippen molar-refractivity contribution in [1.29, 1.82) is 0 Å². The summed E-state index contributed by atoms with van der Waals surface area (Å²) in [6, 6.07) is 25.8. The number of rotatable bonds is 6. The maximum atomic E-state index is 13.3. The predicted molar refractivity (Wildman–Crippen MR) is 132 cm³/mol. The smallest absolute Gasteiger partial charge is 0.255 e. The molecule has 0 spiro atoms. The highest BCUT2D eigenvalue weighted by Gasteiger charge is 2.30. The number of carbonyl (C=O) groups excluding carboxylic acids is 1. The summed E-state index contributed by atoms with van der Waals surface area (Å²) in [6.45, 7) is 2.20. The quantitative estimate of drug-likeness (QED) is 0.597. The Kier molecular flexibility index (Phi) is 6.91. The minimum absolute atomic E-state index is 0.0289. The van der Waals surface area contributed by atoms with Crippen molar-refractivity contribution in [2.45, 2.75) is 6.04 Å². The number of benzene rings is 3. The molecule has 0 radical (unpaired) electrons. The molecule has 3 aromatic carbocycles. The minimum Gasteiger partial charge on any atom is -0.329 e. The van der Waals surface area contributed by atoms with Crippen LogP contribution in [-0.4, -0.2) is 50.8 Å². The molecule has 4 rings (SSSR count). The number of amides is 1. The lowest BCUT2D eigenvalue weighted by Crippen LogP contribution is -2.49. The summed E-state index contributed by atoms with van der Waals surface area (Å²) in [5, 5.41) is 1.14. The van der Waals surface area contributed by atoms with Gasteiger partial charge in [-0.05, 0) is 48.5 Å². The van der Waals surface area contributed by atoms with E-state index in [1.807, 2.05) is 65.6 Å². The maximum absolute atomic E-state index is 13.3. The van der Waals surface area contributed by atoms with Gasteiger partial charge in [-0.15, -0.1) is 0 Å². The van der Waals surface area contributed by atoms with Crippen LogP contribution in [0.5, 0.6) is 0 Å². The number of carbonyl (C=O) groups is 1. The number of sulfonamides is 1. The van der Waals surface area contributed by atoms with Gasteiger partial charge in [-0.25, -0.2) is 8.42 Å². The van der Waals surface area contributed by atoms with Crippen molar-refractivity contribution >= 4 is 27.7 Å². The van der Waals surface area contributed by atoms with Crippen LogP contribution in [0.4, 0.5) is 5.69 Å². The van der Waals surface area contributed by atoms with E-state index >= 15 is 0 Å². The molecule has 0 bridgehead atoms. The summed E-state index contributed by atoms with van der Waals surface area (Å²) in [7, 11) is -1.61. The third-order valence-electron chi connectivity index (χ3n) is 5.66. The second-order valence-corrected chi connectivity index (χ2v) is 9.69. The molecule has 33 heavy (non-hydrogen) atoms. The standard InChI is InChI=1S/C26H27N3O3S/c1-28-17-18-29(25(20-28)22-10-6-3-7-11-22)26(30)23-12-14-24(15-13-23)27-33(31,32)19-16-21-8-4-2-5-9-21/h2-16,19,25,27H,17-18,20H2,1H3/b19-16+. The topological polar surface area (TPSA) is 69.7 Å². The van der Waals surface area contributed by atoms with Crippen molar-refractivity contribution in [3.05, 3.63) is 107 Å². The van der Waals surface area contributed by atoms with Crippen LogP contribution in [0.3, 0.4) is 0 Å². The number of hydrogen-bond donors (Lipinski definition) is 1. The van der Waals surface area contributed by atoms with Crippen LogP contribution >= 0.6 is 0 Å². The Morgan fingerprint density at radius 3 is 2.21 bits per heavy atom. The Morgan fingerprint density at radius 2 is 1.55 bits per heavy atom. The molecule has 1 amide bonds. The Balaban J connectivity index is 1.47. The molecule has 170 valence electrons. The van der Waals surface area contributed by atoms with Gasteiger partial charge in [-0.3, -0.25) is 9.52 Å². The number of anilines is 1. The second-order valence-electron chi connectivity index (χ2n) is 8.13. The van der Waals surface area contributed by atoms with Gasteiger partial charge in [0.2, 0.25) is 0 Å². The summed E-state index contributed by atoms with van der Waals surface area (Å²) in [4.78, 5) is 17.4. The van der Waals surface area contributed by atoms with E-state index in [1.165, 1.54) is 6.08 Å². The number of nitrogens with zero attached hydrogens (tertiary/aromatic N) is 2. The predicted octanol–water partition coefficient (Wildman–Crippen LogP) is 4.23. The zero-order chi connectivity index (χ0) is 23.3. The van der Waals surface area contributed by atoms with Gasteiger partial charge in [0, 0.05) is 30.9 Å². The summed E-state index contributed by atoms with van der Waals surface area (Å²) in [5.41, 5.74) is 2.83. The van der Waals surface area contributed by atoms with Crippen LogP contribution < -0.4 is 4.72 Å². The molecule has 1 heterocycles. The molecule has 1 unspecified atom stereocenters. The third kappa shape index (κ3) is 5.88. The average Bonchev–Trinajstić information content (AvgIpc) is 2.84. The first-order valence-corrected chi connectivity index (χ1v) is 12.4. The van der Waals surface area contributed by atoms with E-state index in [4.69, 9.17) is 0 Å². The van der Waals surface area contributed by atoms with Gasteiger partial charge in [0.15, 0.2) is 0 Å². The highest BCUT2D eigenvalue weighted by Crippen LogP contribution is 2.27. The van der Waals surface area contributed by atoms with E-state index < -0.39 is 10.0 Å². The SMILES string of the molecule is CN1CCN(C(=O)c2ccc(NS(=O)(=O)/C=C/c3ccccc3)cc2)C(c2ccccc2)C1. The van der Waals surface area contributed by atoms with Crippen LogP contribution in [0, 0.1) is 0 Å². The second kappa shape index (κ2) is 10.0.